The lowest BCUT2D eigenvalue weighted by molar-refractivity contribution is -0.131. The van der Waals surface area contributed by atoms with E-state index in [1.54, 1.807) is 37.6 Å². The fraction of sp³-hybridized carbons (Fsp3) is 0.182. The highest BCUT2D eigenvalue weighted by Crippen LogP contribution is 2.47. The second-order valence-electron chi connectivity index (χ2n) is 10.3. The maximum absolute atomic E-state index is 13.2. The molecule has 0 aliphatic heterocycles. The summed E-state index contributed by atoms with van der Waals surface area (Å²) in [6.45, 7) is 0.288. The monoisotopic (exact) mass is 609 g/mol. The molecule has 0 unspecified atom stereocenters. The van der Waals surface area contributed by atoms with Gasteiger partial charge in [-0.25, -0.2) is 14.4 Å². The van der Waals surface area contributed by atoms with Crippen LogP contribution in [-0.2, 0) is 16.2 Å². The fourth-order valence-corrected chi connectivity index (χ4v) is 4.57. The zero-order valence-electron chi connectivity index (χ0n) is 24.4. The van der Waals surface area contributed by atoms with Crippen LogP contribution in [-0.4, -0.2) is 41.0 Å². The number of carbonyl (C=O) groups is 2. The van der Waals surface area contributed by atoms with Crippen LogP contribution in [0.15, 0.2) is 85.2 Å². The molecule has 11 nitrogen and oxygen atoms in total. The van der Waals surface area contributed by atoms with E-state index in [0.29, 0.717) is 46.7 Å². The molecule has 12 heteroatoms. The molecule has 1 fully saturated rings. The summed E-state index contributed by atoms with van der Waals surface area (Å²) in [6, 6.07) is 19.5. The van der Waals surface area contributed by atoms with Crippen molar-refractivity contribution in [3.63, 3.8) is 0 Å². The maximum Gasteiger partial charge on any atom is 0.257 e. The number of rotatable bonds is 11. The number of carbonyl (C=O) groups excluding carboxylic acids is 2. The van der Waals surface area contributed by atoms with Crippen LogP contribution in [0.5, 0.6) is 29.0 Å². The molecule has 1 saturated carbocycles. The van der Waals surface area contributed by atoms with Crippen molar-refractivity contribution < 1.29 is 32.9 Å². The van der Waals surface area contributed by atoms with Crippen LogP contribution in [0.3, 0.4) is 0 Å². The summed E-state index contributed by atoms with van der Waals surface area (Å²) < 4.78 is 35.9. The second kappa shape index (κ2) is 12.4. The van der Waals surface area contributed by atoms with Gasteiger partial charge in [0.1, 0.15) is 29.1 Å². The minimum atomic E-state index is -1.19. The van der Waals surface area contributed by atoms with Crippen molar-refractivity contribution in [3.8, 4) is 29.0 Å². The Morgan fingerprint density at radius 3 is 2.20 bits per heavy atom. The number of hydrogen-bond donors (Lipinski definition) is 2. The SMILES string of the molecule is COc1ccc(COc2cc3nccc(Oc4ccc(NC(=O)C5(C(=O)Nc6ccc(F)cc6)CC5)cn4)c3nc2OC)cc1. The summed E-state index contributed by atoms with van der Waals surface area (Å²) in [7, 11) is 3.11. The first-order chi connectivity index (χ1) is 21.9. The van der Waals surface area contributed by atoms with Crippen LogP contribution in [0.1, 0.15) is 18.4 Å². The molecule has 3 aromatic heterocycles. The molecule has 0 radical (unpaired) electrons. The summed E-state index contributed by atoms with van der Waals surface area (Å²) in [5, 5.41) is 5.44. The first kappa shape index (κ1) is 29.3. The first-order valence-electron chi connectivity index (χ1n) is 14.0. The average molecular weight is 610 g/mol. The van der Waals surface area contributed by atoms with Crippen molar-refractivity contribution in [2.75, 3.05) is 24.9 Å². The number of amides is 2. The molecular formula is C33H28FN5O6. The standard InChI is InChI=1S/C33H28FN5O6/c1-42-24-10-3-20(4-11-24)19-44-27-17-25-29(39-30(27)43-2)26(13-16-35-25)45-28-12-9-23(18-36-28)38-32(41)33(14-15-33)31(40)37-22-7-5-21(34)6-8-22/h3-13,16-18H,14-15,19H2,1-2H3,(H,37,40)(H,38,41). The number of hydrogen-bond acceptors (Lipinski definition) is 9. The molecule has 2 amide bonds. The number of ether oxygens (including phenoxy) is 4. The third kappa shape index (κ3) is 6.44. The van der Waals surface area contributed by atoms with Gasteiger partial charge in [-0.1, -0.05) is 12.1 Å². The number of fused-ring (bicyclic) bond motifs is 1. The van der Waals surface area contributed by atoms with Crippen LogP contribution < -0.4 is 29.6 Å². The predicted octanol–water partition coefficient (Wildman–Crippen LogP) is 5.91. The summed E-state index contributed by atoms with van der Waals surface area (Å²) >= 11 is 0. The molecule has 6 rings (SSSR count). The Morgan fingerprint density at radius 2 is 1.56 bits per heavy atom. The molecular weight excluding hydrogens is 581 g/mol. The number of benzene rings is 2. The number of nitrogens with zero attached hydrogens (tertiary/aromatic N) is 3. The highest BCUT2D eigenvalue weighted by Gasteiger charge is 2.56. The van der Waals surface area contributed by atoms with E-state index in [2.05, 4.69) is 25.6 Å². The van der Waals surface area contributed by atoms with E-state index in [9.17, 15) is 14.0 Å². The van der Waals surface area contributed by atoms with Crippen LogP contribution >= 0.6 is 0 Å². The normalized spacial score (nSPS) is 13.0. The Kier molecular flexibility index (Phi) is 8.10. The summed E-state index contributed by atoms with van der Waals surface area (Å²) in [5.41, 5.74) is 1.52. The van der Waals surface area contributed by atoms with Gasteiger partial charge in [-0.05, 0) is 60.9 Å². The Hall–Kier alpha value is -5.78. The quantitative estimate of drug-likeness (QED) is 0.175. The number of halogens is 1. The highest BCUT2D eigenvalue weighted by molar-refractivity contribution is 6.16. The van der Waals surface area contributed by atoms with Crippen molar-refractivity contribution in [2.24, 2.45) is 5.41 Å². The topological polar surface area (TPSA) is 134 Å². The lowest BCUT2D eigenvalue weighted by Crippen LogP contribution is -2.35. The first-order valence-corrected chi connectivity index (χ1v) is 14.0. The predicted molar refractivity (Wildman–Crippen MR) is 163 cm³/mol. The molecule has 0 atom stereocenters. The Balaban J connectivity index is 1.12. The number of anilines is 2. The van der Waals surface area contributed by atoms with Gasteiger partial charge in [0, 0.05) is 30.1 Å². The van der Waals surface area contributed by atoms with E-state index in [1.807, 2.05) is 24.3 Å². The van der Waals surface area contributed by atoms with Crippen molar-refractivity contribution >= 4 is 34.2 Å². The van der Waals surface area contributed by atoms with Crippen molar-refractivity contribution in [1.82, 2.24) is 15.0 Å². The minimum absolute atomic E-state index is 0.247. The maximum atomic E-state index is 13.2. The molecule has 0 spiro atoms. The van der Waals surface area contributed by atoms with Gasteiger partial charge >= 0.3 is 0 Å². The van der Waals surface area contributed by atoms with E-state index in [0.717, 1.165) is 11.3 Å². The Labute approximate surface area is 257 Å². The van der Waals surface area contributed by atoms with Gasteiger partial charge in [-0.2, -0.15) is 0 Å². The molecule has 0 bridgehead atoms. The minimum Gasteiger partial charge on any atom is -0.497 e. The van der Waals surface area contributed by atoms with Gasteiger partial charge in [-0.3, -0.25) is 14.6 Å². The van der Waals surface area contributed by atoms with Crippen LogP contribution in [0.2, 0.25) is 0 Å². The molecule has 0 saturated heterocycles. The summed E-state index contributed by atoms with van der Waals surface area (Å²) in [5.74, 6) is 0.765. The average Bonchev–Trinajstić information content (AvgIpc) is 3.88. The van der Waals surface area contributed by atoms with Crippen molar-refractivity contribution in [3.05, 3.63) is 96.6 Å². The van der Waals surface area contributed by atoms with Crippen LogP contribution in [0.4, 0.5) is 15.8 Å². The molecule has 228 valence electrons. The highest BCUT2D eigenvalue weighted by atomic mass is 19.1. The lowest BCUT2D eigenvalue weighted by Gasteiger charge is -2.15. The zero-order chi connectivity index (χ0) is 31.4. The van der Waals surface area contributed by atoms with Gasteiger partial charge < -0.3 is 29.6 Å². The number of methoxy groups -OCH3 is 2. The second-order valence-corrected chi connectivity index (χ2v) is 10.3. The molecule has 1 aliphatic rings. The van der Waals surface area contributed by atoms with Gasteiger partial charge in [0.25, 0.3) is 5.88 Å². The van der Waals surface area contributed by atoms with Crippen molar-refractivity contribution in [1.29, 1.82) is 0 Å². The molecule has 1 aliphatic carbocycles. The zero-order valence-corrected chi connectivity index (χ0v) is 24.4. The van der Waals surface area contributed by atoms with E-state index in [1.165, 1.54) is 37.6 Å². The summed E-state index contributed by atoms with van der Waals surface area (Å²) in [4.78, 5) is 39.1. The van der Waals surface area contributed by atoms with Gasteiger partial charge in [-0.15, -0.1) is 0 Å². The van der Waals surface area contributed by atoms with Crippen LogP contribution in [0.25, 0.3) is 11.0 Å². The number of pyridine rings is 3. The number of aromatic nitrogens is 3. The number of nitrogens with one attached hydrogen (secondary N) is 2. The van der Waals surface area contributed by atoms with Crippen molar-refractivity contribution in [2.45, 2.75) is 19.4 Å². The van der Waals surface area contributed by atoms with Crippen LogP contribution in [0, 0.1) is 11.2 Å². The molecule has 2 aromatic carbocycles. The van der Waals surface area contributed by atoms with E-state index < -0.39 is 23.0 Å². The summed E-state index contributed by atoms with van der Waals surface area (Å²) in [6.07, 6.45) is 3.82. The third-order valence-electron chi connectivity index (χ3n) is 7.28. The largest absolute Gasteiger partial charge is 0.497 e. The molecule has 45 heavy (non-hydrogen) atoms. The smallest absolute Gasteiger partial charge is 0.257 e. The van der Waals surface area contributed by atoms with Gasteiger partial charge in [0.15, 0.2) is 11.5 Å². The molecule has 2 N–H and O–H groups in total. The molecule has 5 aromatic rings. The Morgan fingerprint density at radius 1 is 0.844 bits per heavy atom. The van der Waals surface area contributed by atoms with E-state index >= 15 is 0 Å². The Bertz CT molecular complexity index is 1850. The third-order valence-corrected chi connectivity index (χ3v) is 7.28. The molecule has 3 heterocycles. The van der Waals surface area contributed by atoms with Gasteiger partial charge in [0.2, 0.25) is 17.7 Å². The van der Waals surface area contributed by atoms with Gasteiger partial charge in [0.05, 0.1) is 31.6 Å². The van der Waals surface area contributed by atoms with E-state index in [-0.39, 0.29) is 18.4 Å². The van der Waals surface area contributed by atoms with E-state index in [4.69, 9.17) is 18.9 Å². The lowest BCUT2D eigenvalue weighted by atomic mass is 10.0. The fourth-order valence-electron chi connectivity index (χ4n) is 4.57.